The van der Waals surface area contributed by atoms with Crippen LogP contribution in [0, 0.1) is 13.8 Å². The van der Waals surface area contributed by atoms with Crippen molar-refractivity contribution in [3.63, 3.8) is 0 Å². The highest BCUT2D eigenvalue weighted by Gasteiger charge is 2.15. The van der Waals surface area contributed by atoms with Crippen molar-refractivity contribution in [2.75, 3.05) is 0 Å². The van der Waals surface area contributed by atoms with Gasteiger partial charge in [-0.2, -0.15) is 5.10 Å². The maximum atomic E-state index is 6.28. The van der Waals surface area contributed by atoms with Gasteiger partial charge in [-0.3, -0.25) is 4.68 Å². The van der Waals surface area contributed by atoms with Crippen LogP contribution in [0.4, 0.5) is 0 Å². The number of nitrogens with one attached hydrogen (secondary N) is 1. The molecule has 2 aromatic rings. The average Bonchev–Trinajstić information content (AvgIpc) is 2.93. The number of aryl methyl sites for hydroxylation is 3. The van der Waals surface area contributed by atoms with E-state index in [-0.39, 0.29) is 6.04 Å². The Labute approximate surface area is 118 Å². The predicted molar refractivity (Wildman–Crippen MR) is 76.3 cm³/mol. The summed E-state index contributed by atoms with van der Waals surface area (Å²) in [6, 6.07) is 4.11. The second-order valence-electron chi connectivity index (χ2n) is 4.71. The Morgan fingerprint density at radius 3 is 2.74 bits per heavy atom. The SMILES string of the molecule is CCn1nc(C)c(Cl)c1CNC(C)c1ccc(C)o1. The lowest BCUT2D eigenvalue weighted by molar-refractivity contribution is 0.411. The third-order valence-corrected chi connectivity index (χ3v) is 3.71. The van der Waals surface area contributed by atoms with Crippen molar-refractivity contribution in [1.82, 2.24) is 15.1 Å². The van der Waals surface area contributed by atoms with Gasteiger partial charge < -0.3 is 9.73 Å². The highest BCUT2D eigenvalue weighted by molar-refractivity contribution is 6.31. The molecule has 0 fully saturated rings. The molecule has 104 valence electrons. The second-order valence-corrected chi connectivity index (χ2v) is 5.09. The first kappa shape index (κ1) is 14.2. The Balaban J connectivity index is 2.06. The normalized spacial score (nSPS) is 12.9. The molecule has 0 saturated carbocycles. The first-order valence-corrected chi connectivity index (χ1v) is 6.92. The first-order valence-electron chi connectivity index (χ1n) is 6.54. The lowest BCUT2D eigenvalue weighted by atomic mass is 10.2. The fourth-order valence-electron chi connectivity index (χ4n) is 2.07. The Hall–Kier alpha value is -1.26. The molecule has 1 unspecified atom stereocenters. The van der Waals surface area contributed by atoms with Crippen LogP contribution in [-0.4, -0.2) is 9.78 Å². The van der Waals surface area contributed by atoms with E-state index in [0.29, 0.717) is 6.54 Å². The van der Waals surface area contributed by atoms with E-state index >= 15 is 0 Å². The molecule has 0 saturated heterocycles. The van der Waals surface area contributed by atoms with Crippen LogP contribution in [0.15, 0.2) is 16.5 Å². The van der Waals surface area contributed by atoms with E-state index in [2.05, 4.69) is 24.3 Å². The topological polar surface area (TPSA) is 43.0 Å². The zero-order valence-electron chi connectivity index (χ0n) is 11.8. The first-order chi connectivity index (χ1) is 9.02. The number of halogens is 1. The third kappa shape index (κ3) is 3.01. The number of furan rings is 1. The fraction of sp³-hybridized carbons (Fsp3) is 0.500. The fourth-order valence-corrected chi connectivity index (χ4v) is 2.28. The predicted octanol–water partition coefficient (Wildman–Crippen LogP) is 3.62. The van der Waals surface area contributed by atoms with Crippen molar-refractivity contribution in [1.29, 1.82) is 0 Å². The van der Waals surface area contributed by atoms with Gasteiger partial charge in [0.25, 0.3) is 0 Å². The molecular weight excluding hydrogens is 262 g/mol. The lowest BCUT2D eigenvalue weighted by Crippen LogP contribution is -2.20. The van der Waals surface area contributed by atoms with Crippen molar-refractivity contribution in [2.45, 2.75) is 46.8 Å². The minimum Gasteiger partial charge on any atom is -0.465 e. The van der Waals surface area contributed by atoms with Gasteiger partial charge in [0.15, 0.2) is 0 Å². The Morgan fingerprint density at radius 1 is 1.42 bits per heavy atom. The molecule has 0 radical (unpaired) electrons. The second kappa shape index (κ2) is 5.80. The van der Waals surface area contributed by atoms with Crippen LogP contribution in [0.3, 0.4) is 0 Å². The smallest absolute Gasteiger partial charge is 0.120 e. The minimum absolute atomic E-state index is 0.144. The highest BCUT2D eigenvalue weighted by Crippen LogP contribution is 2.22. The summed E-state index contributed by atoms with van der Waals surface area (Å²) < 4.78 is 7.54. The van der Waals surface area contributed by atoms with E-state index in [0.717, 1.165) is 34.5 Å². The van der Waals surface area contributed by atoms with Crippen molar-refractivity contribution in [3.8, 4) is 0 Å². The van der Waals surface area contributed by atoms with Crippen LogP contribution in [0.2, 0.25) is 5.02 Å². The Morgan fingerprint density at radius 2 is 2.16 bits per heavy atom. The molecular formula is C14H20ClN3O. The summed E-state index contributed by atoms with van der Waals surface area (Å²) in [4.78, 5) is 0. The molecule has 1 atom stereocenters. The van der Waals surface area contributed by atoms with Crippen molar-refractivity contribution < 1.29 is 4.42 Å². The summed E-state index contributed by atoms with van der Waals surface area (Å²) >= 11 is 6.28. The van der Waals surface area contributed by atoms with E-state index in [1.165, 1.54) is 0 Å². The minimum atomic E-state index is 0.144. The van der Waals surface area contributed by atoms with Crippen molar-refractivity contribution in [3.05, 3.63) is 40.1 Å². The van der Waals surface area contributed by atoms with Crippen molar-refractivity contribution >= 4 is 11.6 Å². The molecule has 0 aliphatic carbocycles. The van der Waals surface area contributed by atoms with Gasteiger partial charge in [0.2, 0.25) is 0 Å². The summed E-state index contributed by atoms with van der Waals surface area (Å²) in [5.74, 6) is 1.86. The molecule has 5 heteroatoms. The van der Waals surface area contributed by atoms with Crippen LogP contribution in [0.1, 0.15) is 42.8 Å². The van der Waals surface area contributed by atoms with E-state index in [4.69, 9.17) is 16.0 Å². The molecule has 0 amide bonds. The van der Waals surface area contributed by atoms with Gasteiger partial charge in [-0.25, -0.2) is 0 Å². The van der Waals surface area contributed by atoms with Gasteiger partial charge in [-0.05, 0) is 39.8 Å². The quantitative estimate of drug-likeness (QED) is 0.910. The Bertz CT molecular complexity index is 559. The summed E-state index contributed by atoms with van der Waals surface area (Å²) in [7, 11) is 0. The molecule has 0 aliphatic rings. The van der Waals surface area contributed by atoms with Gasteiger partial charge in [0.05, 0.1) is 22.5 Å². The van der Waals surface area contributed by atoms with Gasteiger partial charge in [0.1, 0.15) is 11.5 Å². The van der Waals surface area contributed by atoms with Crippen molar-refractivity contribution in [2.24, 2.45) is 0 Å². The number of hydrogen-bond acceptors (Lipinski definition) is 3. The van der Waals surface area contributed by atoms with Crippen LogP contribution in [0.25, 0.3) is 0 Å². The molecule has 0 bridgehead atoms. The molecule has 2 aromatic heterocycles. The van der Waals surface area contributed by atoms with Crippen LogP contribution in [0.5, 0.6) is 0 Å². The molecule has 1 N–H and O–H groups in total. The molecule has 2 rings (SSSR count). The zero-order valence-corrected chi connectivity index (χ0v) is 12.6. The largest absolute Gasteiger partial charge is 0.465 e. The molecule has 0 aromatic carbocycles. The average molecular weight is 282 g/mol. The number of rotatable bonds is 5. The standard InChI is InChI=1S/C14H20ClN3O/c1-5-18-12(14(15)11(4)17-18)8-16-10(3)13-7-6-9(2)19-13/h6-7,10,16H,5,8H2,1-4H3. The summed E-state index contributed by atoms with van der Waals surface area (Å²) in [6.45, 7) is 9.50. The third-order valence-electron chi connectivity index (χ3n) is 3.22. The zero-order chi connectivity index (χ0) is 14.0. The molecule has 19 heavy (non-hydrogen) atoms. The van der Waals surface area contributed by atoms with E-state index < -0.39 is 0 Å². The molecule has 4 nitrogen and oxygen atoms in total. The Kier molecular flexibility index (Phi) is 4.32. The van der Waals surface area contributed by atoms with Crippen LogP contribution in [-0.2, 0) is 13.1 Å². The monoisotopic (exact) mass is 281 g/mol. The van der Waals surface area contributed by atoms with Gasteiger partial charge >= 0.3 is 0 Å². The maximum absolute atomic E-state index is 6.28. The lowest BCUT2D eigenvalue weighted by Gasteiger charge is -2.12. The number of nitrogens with zero attached hydrogens (tertiary/aromatic N) is 2. The summed E-state index contributed by atoms with van der Waals surface area (Å²) in [5.41, 5.74) is 1.90. The van der Waals surface area contributed by atoms with E-state index in [9.17, 15) is 0 Å². The van der Waals surface area contributed by atoms with Gasteiger partial charge in [0, 0.05) is 13.1 Å². The molecule has 2 heterocycles. The van der Waals surface area contributed by atoms with Crippen LogP contribution >= 0.6 is 11.6 Å². The van der Waals surface area contributed by atoms with E-state index in [1.54, 1.807) is 0 Å². The highest BCUT2D eigenvalue weighted by atomic mass is 35.5. The number of hydrogen-bond donors (Lipinski definition) is 1. The van der Waals surface area contributed by atoms with Gasteiger partial charge in [-0.15, -0.1) is 0 Å². The van der Waals surface area contributed by atoms with E-state index in [1.807, 2.05) is 30.7 Å². The maximum Gasteiger partial charge on any atom is 0.120 e. The number of aromatic nitrogens is 2. The molecule has 0 aliphatic heterocycles. The van der Waals surface area contributed by atoms with Gasteiger partial charge in [-0.1, -0.05) is 11.6 Å². The summed E-state index contributed by atoms with van der Waals surface area (Å²) in [5, 5.41) is 8.57. The summed E-state index contributed by atoms with van der Waals surface area (Å²) in [6.07, 6.45) is 0. The molecule has 0 spiro atoms. The van der Waals surface area contributed by atoms with Crippen LogP contribution < -0.4 is 5.32 Å².